The first-order chi connectivity index (χ1) is 8.79. The summed E-state index contributed by atoms with van der Waals surface area (Å²) in [5, 5.41) is 0. The van der Waals surface area contributed by atoms with Crippen molar-refractivity contribution >= 4 is 15.9 Å². The van der Waals surface area contributed by atoms with Crippen LogP contribution in [0, 0.1) is 0 Å². The van der Waals surface area contributed by atoms with E-state index in [0.29, 0.717) is 6.61 Å². The lowest BCUT2D eigenvalue weighted by atomic mass is 10.1. The molecule has 0 amide bonds. The summed E-state index contributed by atoms with van der Waals surface area (Å²) in [7, 11) is 1.68. The van der Waals surface area contributed by atoms with E-state index < -0.39 is 0 Å². The minimum absolute atomic E-state index is 0.649. The van der Waals surface area contributed by atoms with Crippen LogP contribution in [0.4, 0.5) is 0 Å². The van der Waals surface area contributed by atoms with E-state index in [4.69, 9.17) is 9.47 Å². The Morgan fingerprint density at radius 3 is 2.67 bits per heavy atom. The molecule has 0 bridgehead atoms. The Balaban J connectivity index is 1.90. The predicted molar refractivity (Wildman–Crippen MR) is 76.3 cm³/mol. The lowest BCUT2D eigenvalue weighted by molar-refractivity contribution is 0.319. The number of benzene rings is 2. The summed E-state index contributed by atoms with van der Waals surface area (Å²) < 4.78 is 11.9. The molecule has 0 aromatic heterocycles. The molecule has 2 aromatic rings. The standard InChI is InChI=1S/C15H15BrO2/c1-17-13-6-4-5-12(11-13)9-10-18-15-8-3-2-7-14(15)16/h2-8,11H,9-10H2,1H3. The zero-order valence-electron chi connectivity index (χ0n) is 10.2. The SMILES string of the molecule is COc1cccc(CCOc2ccccc2Br)c1. The van der Waals surface area contributed by atoms with Gasteiger partial charge in [0.2, 0.25) is 0 Å². The monoisotopic (exact) mass is 306 g/mol. The van der Waals surface area contributed by atoms with Gasteiger partial charge in [-0.15, -0.1) is 0 Å². The second kappa shape index (κ2) is 6.45. The van der Waals surface area contributed by atoms with E-state index in [9.17, 15) is 0 Å². The van der Waals surface area contributed by atoms with Gasteiger partial charge >= 0.3 is 0 Å². The van der Waals surface area contributed by atoms with Gasteiger partial charge in [0.15, 0.2) is 0 Å². The molecule has 0 heterocycles. The van der Waals surface area contributed by atoms with Crippen LogP contribution in [0.15, 0.2) is 53.0 Å². The topological polar surface area (TPSA) is 18.5 Å². The van der Waals surface area contributed by atoms with Gasteiger partial charge in [-0.2, -0.15) is 0 Å². The second-order valence-corrected chi connectivity index (χ2v) is 4.73. The summed E-state index contributed by atoms with van der Waals surface area (Å²) >= 11 is 3.46. The van der Waals surface area contributed by atoms with Crippen LogP contribution in [-0.4, -0.2) is 13.7 Å². The molecule has 0 radical (unpaired) electrons. The zero-order chi connectivity index (χ0) is 12.8. The molecule has 0 spiro atoms. The number of hydrogen-bond donors (Lipinski definition) is 0. The highest BCUT2D eigenvalue weighted by Gasteiger charge is 2.00. The lowest BCUT2D eigenvalue weighted by Gasteiger charge is -2.08. The maximum absolute atomic E-state index is 5.73. The molecule has 0 N–H and O–H groups in total. The van der Waals surface area contributed by atoms with Gasteiger partial charge in [0.25, 0.3) is 0 Å². The molecule has 0 aliphatic carbocycles. The Bertz CT molecular complexity index is 511. The maximum atomic E-state index is 5.73. The first-order valence-corrected chi connectivity index (χ1v) is 6.59. The largest absolute Gasteiger partial charge is 0.497 e. The molecule has 0 saturated carbocycles. The van der Waals surface area contributed by atoms with Gasteiger partial charge < -0.3 is 9.47 Å². The van der Waals surface area contributed by atoms with E-state index in [1.54, 1.807) is 7.11 Å². The Morgan fingerprint density at radius 2 is 1.89 bits per heavy atom. The molecule has 0 aliphatic heterocycles. The maximum Gasteiger partial charge on any atom is 0.133 e. The van der Waals surface area contributed by atoms with Gasteiger partial charge in [0.1, 0.15) is 11.5 Å². The number of halogens is 1. The highest BCUT2D eigenvalue weighted by Crippen LogP contribution is 2.24. The third-order valence-corrected chi connectivity index (χ3v) is 3.27. The van der Waals surface area contributed by atoms with E-state index in [1.165, 1.54) is 5.56 Å². The Hall–Kier alpha value is -1.48. The second-order valence-electron chi connectivity index (χ2n) is 3.88. The highest BCUT2D eigenvalue weighted by molar-refractivity contribution is 9.10. The average Bonchev–Trinajstić information content (AvgIpc) is 2.41. The summed E-state index contributed by atoms with van der Waals surface area (Å²) in [6.45, 7) is 0.649. The molecule has 18 heavy (non-hydrogen) atoms. The van der Waals surface area contributed by atoms with Gasteiger partial charge in [-0.3, -0.25) is 0 Å². The fourth-order valence-electron chi connectivity index (χ4n) is 1.67. The summed E-state index contributed by atoms with van der Waals surface area (Å²) in [5.74, 6) is 1.76. The normalized spacial score (nSPS) is 10.1. The predicted octanol–water partition coefficient (Wildman–Crippen LogP) is 4.08. The Morgan fingerprint density at radius 1 is 1.06 bits per heavy atom. The van der Waals surface area contributed by atoms with Gasteiger partial charge in [-0.25, -0.2) is 0 Å². The van der Waals surface area contributed by atoms with Crippen molar-refractivity contribution in [3.8, 4) is 11.5 Å². The van der Waals surface area contributed by atoms with Crippen molar-refractivity contribution in [1.82, 2.24) is 0 Å². The van der Waals surface area contributed by atoms with Crippen LogP contribution >= 0.6 is 15.9 Å². The first kappa shape index (κ1) is 13.0. The Labute approximate surface area is 116 Å². The van der Waals surface area contributed by atoms with Gasteiger partial charge in [-0.05, 0) is 45.8 Å². The summed E-state index contributed by atoms with van der Waals surface area (Å²) in [5.41, 5.74) is 1.21. The molecule has 2 nitrogen and oxygen atoms in total. The highest BCUT2D eigenvalue weighted by atomic mass is 79.9. The van der Waals surface area contributed by atoms with Crippen molar-refractivity contribution < 1.29 is 9.47 Å². The number of hydrogen-bond acceptors (Lipinski definition) is 2. The van der Waals surface area contributed by atoms with Crippen LogP contribution in [0.2, 0.25) is 0 Å². The van der Waals surface area contributed by atoms with Crippen LogP contribution in [0.1, 0.15) is 5.56 Å². The molecule has 94 valence electrons. The van der Waals surface area contributed by atoms with Crippen LogP contribution < -0.4 is 9.47 Å². The van der Waals surface area contributed by atoms with Crippen LogP contribution in [0.3, 0.4) is 0 Å². The summed E-state index contributed by atoms with van der Waals surface area (Å²) in [6.07, 6.45) is 0.860. The molecule has 0 aliphatic rings. The minimum Gasteiger partial charge on any atom is -0.497 e. The summed E-state index contributed by atoms with van der Waals surface area (Å²) in [4.78, 5) is 0. The van der Waals surface area contributed by atoms with Crippen molar-refractivity contribution in [2.75, 3.05) is 13.7 Å². The number of methoxy groups -OCH3 is 1. The third-order valence-electron chi connectivity index (χ3n) is 2.62. The number of ether oxygens (including phenoxy) is 2. The van der Waals surface area contributed by atoms with Crippen molar-refractivity contribution in [3.05, 3.63) is 58.6 Å². The van der Waals surface area contributed by atoms with Crippen molar-refractivity contribution in [2.24, 2.45) is 0 Å². The van der Waals surface area contributed by atoms with E-state index in [1.807, 2.05) is 42.5 Å². The smallest absolute Gasteiger partial charge is 0.133 e. The molecular formula is C15H15BrO2. The van der Waals surface area contributed by atoms with Gasteiger partial charge in [0.05, 0.1) is 18.2 Å². The quantitative estimate of drug-likeness (QED) is 0.828. The zero-order valence-corrected chi connectivity index (χ0v) is 11.8. The van der Waals surface area contributed by atoms with Crippen molar-refractivity contribution in [2.45, 2.75) is 6.42 Å². The van der Waals surface area contributed by atoms with Crippen LogP contribution in [-0.2, 0) is 6.42 Å². The van der Waals surface area contributed by atoms with Gasteiger partial charge in [0, 0.05) is 6.42 Å². The molecular weight excluding hydrogens is 292 g/mol. The van der Waals surface area contributed by atoms with Crippen molar-refractivity contribution in [1.29, 1.82) is 0 Å². The molecule has 2 rings (SSSR count). The molecule has 0 fully saturated rings. The Kier molecular flexibility index (Phi) is 4.65. The molecule has 3 heteroatoms. The van der Waals surface area contributed by atoms with Crippen LogP contribution in [0.25, 0.3) is 0 Å². The number of para-hydroxylation sites is 1. The first-order valence-electron chi connectivity index (χ1n) is 5.80. The summed E-state index contributed by atoms with van der Waals surface area (Å²) in [6, 6.07) is 15.9. The molecule has 0 unspecified atom stereocenters. The van der Waals surface area contributed by atoms with Crippen LogP contribution in [0.5, 0.6) is 11.5 Å². The minimum atomic E-state index is 0.649. The van der Waals surface area contributed by atoms with E-state index in [0.717, 1.165) is 22.4 Å². The average molecular weight is 307 g/mol. The fraction of sp³-hybridized carbons (Fsp3) is 0.200. The third kappa shape index (κ3) is 3.50. The van der Waals surface area contributed by atoms with E-state index >= 15 is 0 Å². The van der Waals surface area contributed by atoms with E-state index in [2.05, 4.69) is 22.0 Å². The molecule has 0 saturated heterocycles. The molecule has 0 atom stereocenters. The fourth-order valence-corrected chi connectivity index (χ4v) is 2.07. The van der Waals surface area contributed by atoms with Crippen molar-refractivity contribution in [3.63, 3.8) is 0 Å². The van der Waals surface area contributed by atoms with Gasteiger partial charge in [-0.1, -0.05) is 24.3 Å². The lowest BCUT2D eigenvalue weighted by Crippen LogP contribution is -2.01. The molecule has 2 aromatic carbocycles. The van der Waals surface area contributed by atoms with E-state index in [-0.39, 0.29) is 0 Å². The number of rotatable bonds is 5.